The first kappa shape index (κ1) is 12.4. The molecule has 0 radical (unpaired) electrons. The van der Waals surface area contributed by atoms with Crippen LogP contribution in [0.3, 0.4) is 0 Å². The van der Waals surface area contributed by atoms with E-state index in [0.29, 0.717) is 6.54 Å². The van der Waals surface area contributed by atoms with E-state index in [4.69, 9.17) is 0 Å². The van der Waals surface area contributed by atoms with Crippen molar-refractivity contribution in [2.75, 3.05) is 19.3 Å². The number of hydrogen-bond acceptors (Lipinski definition) is 4. The lowest BCUT2D eigenvalue weighted by Crippen LogP contribution is -2.50. The van der Waals surface area contributed by atoms with Crippen LogP contribution in [0.4, 0.5) is 0 Å². The van der Waals surface area contributed by atoms with Crippen molar-refractivity contribution < 1.29 is 8.42 Å². The zero-order chi connectivity index (χ0) is 11.5. The molecule has 88 valence electrons. The number of nitrogens with zero attached hydrogens (tertiary/aromatic N) is 1. The number of amidine groups is 1. The Balaban J connectivity index is 2.42. The highest BCUT2D eigenvalue weighted by Crippen LogP contribution is 2.05. The van der Waals surface area contributed by atoms with Crippen LogP contribution in [0, 0.1) is 0 Å². The highest BCUT2D eigenvalue weighted by atomic mass is 32.2. The third kappa shape index (κ3) is 5.13. The van der Waals surface area contributed by atoms with Crippen LogP contribution in [0.2, 0.25) is 0 Å². The van der Waals surface area contributed by atoms with Gasteiger partial charge in [0.1, 0.15) is 0 Å². The van der Waals surface area contributed by atoms with E-state index in [1.807, 2.05) is 13.8 Å². The molecular weight excluding hydrogens is 214 g/mol. The number of aliphatic imine (C=N–C) groups is 1. The van der Waals surface area contributed by atoms with Crippen LogP contribution in [0.25, 0.3) is 0 Å². The summed E-state index contributed by atoms with van der Waals surface area (Å²) >= 11 is 0. The fourth-order valence-corrected chi connectivity index (χ4v) is 2.62. The van der Waals surface area contributed by atoms with Crippen LogP contribution in [0.5, 0.6) is 0 Å². The van der Waals surface area contributed by atoms with Gasteiger partial charge in [0.05, 0.1) is 12.1 Å². The lowest BCUT2D eigenvalue weighted by Gasteiger charge is -2.25. The van der Waals surface area contributed by atoms with Gasteiger partial charge in [-0.05, 0) is 20.3 Å². The summed E-state index contributed by atoms with van der Waals surface area (Å²) in [4.78, 5) is 4.26. The van der Waals surface area contributed by atoms with Gasteiger partial charge >= 0.3 is 0 Å². The second kappa shape index (κ2) is 4.49. The average Bonchev–Trinajstić information content (AvgIpc) is 2.47. The molecule has 1 aliphatic rings. The summed E-state index contributed by atoms with van der Waals surface area (Å²) in [5.41, 5.74) is -0.487. The van der Waals surface area contributed by atoms with E-state index in [1.54, 1.807) is 0 Å². The summed E-state index contributed by atoms with van der Waals surface area (Å²) in [5.74, 6) is 0.985. The molecule has 0 unspecified atom stereocenters. The third-order valence-corrected chi connectivity index (χ3v) is 2.99. The van der Waals surface area contributed by atoms with Gasteiger partial charge in [-0.3, -0.25) is 4.99 Å². The standard InChI is InChI=1S/C9H19N3O2S/c1-9(2,12-15(3,13)14)7-11-8-5-4-6-10-8/h12H,4-7H2,1-3H3,(H,10,11). The van der Waals surface area contributed by atoms with E-state index in [2.05, 4.69) is 15.0 Å². The van der Waals surface area contributed by atoms with Gasteiger partial charge in [0.15, 0.2) is 0 Å². The van der Waals surface area contributed by atoms with E-state index in [1.165, 1.54) is 6.26 Å². The molecule has 15 heavy (non-hydrogen) atoms. The van der Waals surface area contributed by atoms with Crippen LogP contribution >= 0.6 is 0 Å². The Morgan fingerprint density at radius 3 is 2.60 bits per heavy atom. The first-order chi connectivity index (χ1) is 6.79. The Kier molecular flexibility index (Phi) is 3.72. The Bertz CT molecular complexity index is 346. The first-order valence-corrected chi connectivity index (χ1v) is 6.94. The van der Waals surface area contributed by atoms with Crippen molar-refractivity contribution >= 4 is 15.9 Å². The molecule has 0 spiro atoms. The summed E-state index contributed by atoms with van der Waals surface area (Å²) in [6.07, 6.45) is 3.22. The second-order valence-corrected chi connectivity index (χ2v) is 6.29. The first-order valence-electron chi connectivity index (χ1n) is 5.05. The van der Waals surface area contributed by atoms with Gasteiger partial charge in [-0.2, -0.15) is 0 Å². The maximum atomic E-state index is 11.1. The minimum absolute atomic E-state index is 0.487. The van der Waals surface area contributed by atoms with Gasteiger partial charge in [0.25, 0.3) is 0 Å². The van der Waals surface area contributed by atoms with Crippen LogP contribution in [0.1, 0.15) is 26.7 Å². The van der Waals surface area contributed by atoms with Gasteiger partial charge in [-0.15, -0.1) is 0 Å². The topological polar surface area (TPSA) is 70.6 Å². The molecule has 1 aliphatic heterocycles. The summed E-state index contributed by atoms with van der Waals surface area (Å²) in [6.45, 7) is 5.12. The molecule has 2 N–H and O–H groups in total. The molecule has 5 nitrogen and oxygen atoms in total. The highest BCUT2D eigenvalue weighted by Gasteiger charge is 2.22. The van der Waals surface area contributed by atoms with Crippen molar-refractivity contribution in [1.82, 2.24) is 10.0 Å². The van der Waals surface area contributed by atoms with Crippen molar-refractivity contribution in [3.63, 3.8) is 0 Å². The quantitative estimate of drug-likeness (QED) is 0.723. The summed E-state index contributed by atoms with van der Waals surface area (Å²) in [7, 11) is -3.16. The van der Waals surface area contributed by atoms with E-state index < -0.39 is 15.6 Å². The Hall–Kier alpha value is -0.620. The fourth-order valence-electron chi connectivity index (χ4n) is 1.54. The Labute approximate surface area is 91.4 Å². The largest absolute Gasteiger partial charge is 0.372 e. The van der Waals surface area contributed by atoms with Crippen LogP contribution in [-0.4, -0.2) is 39.1 Å². The van der Waals surface area contributed by atoms with Crippen molar-refractivity contribution in [3.8, 4) is 0 Å². The number of nitrogens with one attached hydrogen (secondary N) is 2. The highest BCUT2D eigenvalue weighted by molar-refractivity contribution is 7.88. The molecule has 0 aromatic heterocycles. The van der Waals surface area contributed by atoms with E-state index >= 15 is 0 Å². The van der Waals surface area contributed by atoms with Crippen LogP contribution < -0.4 is 10.0 Å². The van der Waals surface area contributed by atoms with Gasteiger partial charge in [0.2, 0.25) is 10.0 Å². The molecule has 0 aliphatic carbocycles. The maximum Gasteiger partial charge on any atom is 0.209 e. The van der Waals surface area contributed by atoms with Crippen molar-refractivity contribution in [2.45, 2.75) is 32.2 Å². The average molecular weight is 233 g/mol. The summed E-state index contributed by atoms with van der Waals surface area (Å²) in [6, 6.07) is 0. The molecule has 0 fully saturated rings. The zero-order valence-corrected chi connectivity index (χ0v) is 10.3. The lowest BCUT2D eigenvalue weighted by atomic mass is 10.1. The van der Waals surface area contributed by atoms with E-state index in [0.717, 1.165) is 25.2 Å². The predicted molar refractivity (Wildman–Crippen MR) is 61.6 cm³/mol. The molecule has 0 saturated heterocycles. The molecular formula is C9H19N3O2S. The molecule has 1 rings (SSSR count). The minimum atomic E-state index is -3.16. The summed E-state index contributed by atoms with van der Waals surface area (Å²) in [5, 5.41) is 3.17. The predicted octanol–water partition coefficient (Wildman–Crippen LogP) is 0.0961. The van der Waals surface area contributed by atoms with Gasteiger partial charge in [-0.1, -0.05) is 0 Å². The Morgan fingerprint density at radius 1 is 1.47 bits per heavy atom. The molecule has 0 atom stereocenters. The van der Waals surface area contributed by atoms with Gasteiger partial charge in [-0.25, -0.2) is 13.1 Å². The number of rotatable bonds is 4. The zero-order valence-electron chi connectivity index (χ0n) is 9.50. The minimum Gasteiger partial charge on any atom is -0.372 e. The normalized spacial score (nSPS) is 17.7. The molecule has 1 heterocycles. The summed E-state index contributed by atoms with van der Waals surface area (Å²) < 4.78 is 24.7. The molecule has 0 aromatic carbocycles. The molecule has 0 saturated carbocycles. The monoisotopic (exact) mass is 233 g/mol. The van der Waals surface area contributed by atoms with Crippen LogP contribution in [-0.2, 0) is 10.0 Å². The fraction of sp³-hybridized carbons (Fsp3) is 0.889. The second-order valence-electron chi connectivity index (χ2n) is 4.54. The molecule has 6 heteroatoms. The van der Waals surface area contributed by atoms with Gasteiger partial charge in [0, 0.05) is 25.0 Å². The Morgan fingerprint density at radius 2 is 2.13 bits per heavy atom. The number of sulfonamides is 1. The third-order valence-electron chi connectivity index (χ3n) is 2.07. The SMILES string of the molecule is CC(C)(CNC1=NCCC1)NS(C)(=O)=O. The van der Waals surface area contributed by atoms with Gasteiger partial charge < -0.3 is 5.32 Å². The van der Waals surface area contributed by atoms with Crippen LogP contribution in [0.15, 0.2) is 4.99 Å². The van der Waals surface area contributed by atoms with Crippen molar-refractivity contribution in [3.05, 3.63) is 0 Å². The smallest absolute Gasteiger partial charge is 0.209 e. The van der Waals surface area contributed by atoms with E-state index in [9.17, 15) is 8.42 Å². The van der Waals surface area contributed by atoms with Crippen molar-refractivity contribution in [2.24, 2.45) is 4.99 Å². The molecule has 0 amide bonds. The molecule has 0 bridgehead atoms. The lowest BCUT2D eigenvalue weighted by molar-refractivity contribution is 0.448. The maximum absolute atomic E-state index is 11.1. The number of hydrogen-bond donors (Lipinski definition) is 2. The van der Waals surface area contributed by atoms with Crippen molar-refractivity contribution in [1.29, 1.82) is 0 Å². The molecule has 0 aromatic rings. The van der Waals surface area contributed by atoms with E-state index in [-0.39, 0.29) is 0 Å².